The Kier molecular flexibility index (Phi) is 7.34. The Labute approximate surface area is 206 Å². The number of likely N-dealkylation sites (tertiary alicyclic amines) is 1. The molecule has 0 bridgehead atoms. The molecule has 2 N–H and O–H groups in total. The van der Waals surface area contributed by atoms with Gasteiger partial charge in [-0.2, -0.15) is 0 Å². The summed E-state index contributed by atoms with van der Waals surface area (Å²) in [6, 6.07) is 16.2. The van der Waals surface area contributed by atoms with Gasteiger partial charge in [0.05, 0.1) is 7.11 Å². The second-order valence-corrected chi connectivity index (χ2v) is 10.1. The summed E-state index contributed by atoms with van der Waals surface area (Å²) in [6.45, 7) is 7.11. The highest BCUT2D eigenvalue weighted by molar-refractivity contribution is 5.84. The number of rotatable bonds is 6. The summed E-state index contributed by atoms with van der Waals surface area (Å²) in [7, 11) is 1.65. The van der Waals surface area contributed by atoms with Crippen LogP contribution in [0, 0.1) is 5.92 Å². The largest absolute Gasteiger partial charge is 0.497 e. The number of carbonyl (C=O) groups is 2. The number of amides is 2. The number of hydrogen-bond donors (Lipinski definition) is 2. The number of nitrogens with zero attached hydrogens (tertiary/aromatic N) is 1. The first-order valence-electron chi connectivity index (χ1n) is 12.2. The third-order valence-corrected chi connectivity index (χ3v) is 6.51. The second-order valence-electron chi connectivity index (χ2n) is 10.1. The minimum atomic E-state index is -0.524. The SMILES string of the molecule is COc1ccc(C(CNC(=O)C2CCN(C(=O)OC(C)(C)C)CC2)c2c[nH]c3ccccc23)cc1. The van der Waals surface area contributed by atoms with Gasteiger partial charge in [0.15, 0.2) is 0 Å². The standard InChI is InChI=1S/C28H35N3O4/c1-28(2,3)35-27(33)31-15-13-20(14-16-31)26(32)30-17-23(19-9-11-21(34-4)12-10-19)24-18-29-25-8-6-5-7-22(24)25/h5-12,18,20,23,29H,13-17H2,1-4H3,(H,30,32). The quantitative estimate of drug-likeness (QED) is 0.519. The molecule has 2 aromatic carbocycles. The molecular weight excluding hydrogens is 442 g/mol. The lowest BCUT2D eigenvalue weighted by molar-refractivity contribution is -0.126. The Morgan fingerprint density at radius 2 is 1.77 bits per heavy atom. The summed E-state index contributed by atoms with van der Waals surface area (Å²) < 4.78 is 10.8. The van der Waals surface area contributed by atoms with Gasteiger partial charge >= 0.3 is 6.09 Å². The molecule has 4 rings (SSSR count). The van der Waals surface area contributed by atoms with Crippen LogP contribution in [0.15, 0.2) is 54.7 Å². The molecule has 1 saturated heterocycles. The number of carbonyl (C=O) groups excluding carboxylic acids is 2. The molecule has 0 radical (unpaired) electrons. The van der Waals surface area contributed by atoms with E-state index in [0.717, 1.165) is 27.8 Å². The predicted octanol–water partition coefficient (Wildman–Crippen LogP) is 5.07. The van der Waals surface area contributed by atoms with Crippen molar-refractivity contribution < 1.29 is 19.1 Å². The van der Waals surface area contributed by atoms with Crippen molar-refractivity contribution in [1.82, 2.24) is 15.2 Å². The van der Waals surface area contributed by atoms with E-state index in [1.165, 1.54) is 0 Å². The zero-order valence-electron chi connectivity index (χ0n) is 21.0. The van der Waals surface area contributed by atoms with E-state index in [4.69, 9.17) is 9.47 Å². The number of aromatic amines is 1. The lowest BCUT2D eigenvalue weighted by atomic mass is 9.90. The molecule has 7 nitrogen and oxygen atoms in total. The van der Waals surface area contributed by atoms with Crippen LogP contribution in [-0.4, -0.2) is 54.2 Å². The maximum Gasteiger partial charge on any atom is 0.410 e. The fraction of sp³-hybridized carbons (Fsp3) is 0.429. The Morgan fingerprint density at radius 3 is 2.43 bits per heavy atom. The van der Waals surface area contributed by atoms with Gasteiger partial charge in [-0.25, -0.2) is 4.79 Å². The lowest BCUT2D eigenvalue weighted by Gasteiger charge is -2.33. The normalized spacial score (nSPS) is 15.6. The van der Waals surface area contributed by atoms with Crippen molar-refractivity contribution >= 4 is 22.9 Å². The zero-order valence-corrected chi connectivity index (χ0v) is 21.0. The first-order valence-corrected chi connectivity index (χ1v) is 12.2. The van der Waals surface area contributed by atoms with Crippen LogP contribution in [0.25, 0.3) is 10.9 Å². The van der Waals surface area contributed by atoms with Gasteiger partial charge in [0, 0.05) is 48.6 Å². The van der Waals surface area contributed by atoms with E-state index in [1.54, 1.807) is 12.0 Å². The number of hydrogen-bond acceptors (Lipinski definition) is 4. The monoisotopic (exact) mass is 477 g/mol. The molecule has 1 aliphatic rings. The smallest absolute Gasteiger partial charge is 0.410 e. The topological polar surface area (TPSA) is 83.7 Å². The Morgan fingerprint density at radius 1 is 1.09 bits per heavy atom. The number of ether oxygens (including phenoxy) is 2. The summed E-state index contributed by atoms with van der Waals surface area (Å²) in [5, 5.41) is 4.34. The summed E-state index contributed by atoms with van der Waals surface area (Å²) in [5.41, 5.74) is 2.80. The van der Waals surface area contributed by atoms with Crippen LogP contribution >= 0.6 is 0 Å². The number of aromatic nitrogens is 1. The fourth-order valence-electron chi connectivity index (χ4n) is 4.62. The molecule has 1 atom stereocenters. The molecule has 0 aliphatic carbocycles. The average molecular weight is 478 g/mol. The van der Waals surface area contributed by atoms with Crippen molar-refractivity contribution in [2.45, 2.75) is 45.1 Å². The summed E-state index contributed by atoms with van der Waals surface area (Å²) >= 11 is 0. The van der Waals surface area contributed by atoms with Gasteiger partial charge in [-0.05, 0) is 62.9 Å². The fourth-order valence-corrected chi connectivity index (χ4v) is 4.62. The summed E-state index contributed by atoms with van der Waals surface area (Å²) in [6.07, 6.45) is 2.98. The summed E-state index contributed by atoms with van der Waals surface area (Å²) in [5.74, 6) is 0.704. The van der Waals surface area contributed by atoms with E-state index in [-0.39, 0.29) is 23.8 Å². The third kappa shape index (κ3) is 5.96. The number of nitrogens with one attached hydrogen (secondary N) is 2. The van der Waals surface area contributed by atoms with Crippen LogP contribution in [0.2, 0.25) is 0 Å². The minimum Gasteiger partial charge on any atom is -0.497 e. The molecule has 3 aromatic rings. The minimum absolute atomic E-state index is 0.0112. The maximum absolute atomic E-state index is 13.1. The molecule has 0 spiro atoms. The number of fused-ring (bicyclic) bond motifs is 1. The molecule has 7 heteroatoms. The molecule has 1 fully saturated rings. The van der Waals surface area contributed by atoms with Crippen LogP contribution in [0.5, 0.6) is 5.75 Å². The first-order chi connectivity index (χ1) is 16.7. The zero-order chi connectivity index (χ0) is 25.0. The van der Waals surface area contributed by atoms with Gasteiger partial charge in [-0.1, -0.05) is 30.3 Å². The van der Waals surface area contributed by atoms with Gasteiger partial charge in [0.25, 0.3) is 0 Å². The van der Waals surface area contributed by atoms with Crippen molar-refractivity contribution in [2.24, 2.45) is 5.92 Å². The van der Waals surface area contributed by atoms with Crippen LogP contribution in [0.4, 0.5) is 4.79 Å². The molecule has 2 heterocycles. The Hall–Kier alpha value is -3.48. The Bertz CT molecular complexity index is 1150. The number of para-hydroxylation sites is 1. The maximum atomic E-state index is 13.1. The number of benzene rings is 2. The Balaban J connectivity index is 1.43. The molecule has 0 saturated carbocycles. The van der Waals surface area contributed by atoms with Gasteiger partial charge in [0.1, 0.15) is 11.4 Å². The van der Waals surface area contributed by atoms with Crippen LogP contribution in [-0.2, 0) is 9.53 Å². The molecular formula is C28H35N3O4. The van der Waals surface area contributed by atoms with Crippen LogP contribution < -0.4 is 10.1 Å². The predicted molar refractivity (Wildman–Crippen MR) is 137 cm³/mol. The molecule has 1 unspecified atom stereocenters. The summed E-state index contributed by atoms with van der Waals surface area (Å²) in [4.78, 5) is 30.5. The first kappa shape index (κ1) is 24.6. The van der Waals surface area contributed by atoms with Crippen molar-refractivity contribution in [3.05, 3.63) is 65.9 Å². The van der Waals surface area contributed by atoms with Crippen LogP contribution in [0.3, 0.4) is 0 Å². The van der Waals surface area contributed by atoms with E-state index < -0.39 is 5.60 Å². The van der Waals surface area contributed by atoms with Gasteiger partial charge < -0.3 is 24.7 Å². The average Bonchev–Trinajstić information content (AvgIpc) is 3.27. The molecule has 2 amide bonds. The van der Waals surface area contributed by atoms with Crippen molar-refractivity contribution in [2.75, 3.05) is 26.7 Å². The van der Waals surface area contributed by atoms with E-state index >= 15 is 0 Å². The highest BCUT2D eigenvalue weighted by Crippen LogP contribution is 2.31. The van der Waals surface area contributed by atoms with E-state index in [1.807, 2.05) is 51.2 Å². The number of piperidine rings is 1. The van der Waals surface area contributed by atoms with Crippen molar-refractivity contribution in [3.63, 3.8) is 0 Å². The molecule has 1 aliphatic heterocycles. The van der Waals surface area contributed by atoms with E-state index in [9.17, 15) is 9.59 Å². The van der Waals surface area contributed by atoms with Crippen molar-refractivity contribution in [3.8, 4) is 5.75 Å². The molecule has 1 aromatic heterocycles. The lowest BCUT2D eigenvalue weighted by Crippen LogP contribution is -2.45. The van der Waals surface area contributed by atoms with Gasteiger partial charge in [-0.3, -0.25) is 4.79 Å². The number of methoxy groups -OCH3 is 1. The van der Waals surface area contributed by atoms with Gasteiger partial charge in [-0.15, -0.1) is 0 Å². The molecule has 186 valence electrons. The van der Waals surface area contributed by atoms with Crippen LogP contribution in [0.1, 0.15) is 50.7 Å². The highest BCUT2D eigenvalue weighted by Gasteiger charge is 2.30. The second kappa shape index (κ2) is 10.4. The van der Waals surface area contributed by atoms with E-state index in [2.05, 4.69) is 34.6 Å². The third-order valence-electron chi connectivity index (χ3n) is 6.51. The number of H-pyrrole nitrogens is 1. The van der Waals surface area contributed by atoms with Gasteiger partial charge in [0.2, 0.25) is 5.91 Å². The van der Waals surface area contributed by atoms with E-state index in [0.29, 0.717) is 32.5 Å². The van der Waals surface area contributed by atoms with Crippen molar-refractivity contribution in [1.29, 1.82) is 0 Å². The highest BCUT2D eigenvalue weighted by atomic mass is 16.6. The molecule has 35 heavy (non-hydrogen) atoms.